The molecule has 0 aliphatic heterocycles. The predicted octanol–water partition coefficient (Wildman–Crippen LogP) is 2.52. The van der Waals surface area contributed by atoms with Crippen LogP contribution >= 0.6 is 0 Å². The lowest BCUT2D eigenvalue weighted by Crippen LogP contribution is -2.27. The van der Waals surface area contributed by atoms with Crippen LogP contribution in [0.3, 0.4) is 0 Å². The van der Waals surface area contributed by atoms with Crippen molar-refractivity contribution in [3.8, 4) is 0 Å². The topological polar surface area (TPSA) is 47.1 Å². The van der Waals surface area contributed by atoms with Crippen molar-refractivity contribution in [1.29, 1.82) is 0 Å². The monoisotopic (exact) mass is 270 g/mol. The Morgan fingerprint density at radius 1 is 1.25 bits per heavy atom. The zero-order valence-electron chi connectivity index (χ0n) is 11.8. The molecule has 3 rings (SSSR count). The summed E-state index contributed by atoms with van der Waals surface area (Å²) in [7, 11) is 0. The summed E-state index contributed by atoms with van der Waals surface area (Å²) in [6.07, 6.45) is 9.62. The fourth-order valence-corrected chi connectivity index (χ4v) is 2.56. The van der Waals surface area contributed by atoms with Gasteiger partial charge in [0.05, 0.1) is 6.33 Å². The molecule has 0 atom stereocenters. The van der Waals surface area contributed by atoms with Gasteiger partial charge in [-0.25, -0.2) is 4.98 Å². The fraction of sp³-hybridized carbons (Fsp3) is 0.438. The van der Waals surface area contributed by atoms with Crippen molar-refractivity contribution in [2.75, 3.05) is 12.3 Å². The van der Waals surface area contributed by atoms with Gasteiger partial charge in [-0.05, 0) is 37.0 Å². The van der Waals surface area contributed by atoms with Gasteiger partial charge in [0.1, 0.15) is 0 Å². The van der Waals surface area contributed by atoms with Crippen LogP contribution in [0.5, 0.6) is 0 Å². The molecule has 20 heavy (non-hydrogen) atoms. The largest absolute Gasteiger partial charge is 0.399 e. The SMILES string of the molecule is Nc1ccc(CN(CCCn2ccnc2)C2CC2)cc1. The van der Waals surface area contributed by atoms with Gasteiger partial charge in [-0.1, -0.05) is 12.1 Å². The molecule has 0 unspecified atom stereocenters. The Morgan fingerprint density at radius 3 is 2.70 bits per heavy atom. The summed E-state index contributed by atoms with van der Waals surface area (Å²) in [4.78, 5) is 6.68. The number of nitrogens with two attached hydrogens (primary N) is 1. The highest BCUT2D eigenvalue weighted by atomic mass is 15.2. The highest BCUT2D eigenvalue weighted by Gasteiger charge is 2.28. The van der Waals surface area contributed by atoms with E-state index >= 15 is 0 Å². The smallest absolute Gasteiger partial charge is 0.0945 e. The molecule has 4 nitrogen and oxygen atoms in total. The van der Waals surface area contributed by atoms with E-state index in [1.807, 2.05) is 30.9 Å². The van der Waals surface area contributed by atoms with E-state index in [-0.39, 0.29) is 0 Å². The molecule has 0 amide bonds. The Kier molecular flexibility index (Phi) is 4.02. The molecule has 1 fully saturated rings. The van der Waals surface area contributed by atoms with E-state index in [4.69, 9.17) is 5.73 Å². The van der Waals surface area contributed by atoms with Crippen LogP contribution in [0.25, 0.3) is 0 Å². The quantitative estimate of drug-likeness (QED) is 0.786. The number of hydrogen-bond donors (Lipinski definition) is 1. The zero-order valence-corrected chi connectivity index (χ0v) is 11.8. The van der Waals surface area contributed by atoms with Gasteiger partial charge in [0.25, 0.3) is 0 Å². The third kappa shape index (κ3) is 3.61. The second-order valence-corrected chi connectivity index (χ2v) is 5.60. The summed E-state index contributed by atoms with van der Waals surface area (Å²) in [5.74, 6) is 0. The first kappa shape index (κ1) is 13.2. The Balaban J connectivity index is 1.51. The number of anilines is 1. The van der Waals surface area contributed by atoms with Crippen LogP contribution in [0.4, 0.5) is 5.69 Å². The fourth-order valence-electron chi connectivity index (χ4n) is 2.56. The maximum absolute atomic E-state index is 5.74. The summed E-state index contributed by atoms with van der Waals surface area (Å²) in [5.41, 5.74) is 7.94. The normalized spacial score (nSPS) is 14.8. The van der Waals surface area contributed by atoms with Crippen molar-refractivity contribution in [1.82, 2.24) is 14.5 Å². The van der Waals surface area contributed by atoms with E-state index in [0.717, 1.165) is 31.4 Å². The number of benzene rings is 1. The molecule has 0 radical (unpaired) electrons. The average Bonchev–Trinajstić information content (AvgIpc) is 3.17. The predicted molar refractivity (Wildman–Crippen MR) is 81.1 cm³/mol. The summed E-state index contributed by atoms with van der Waals surface area (Å²) in [6, 6.07) is 9.05. The minimum Gasteiger partial charge on any atom is -0.399 e. The van der Waals surface area contributed by atoms with Crippen LogP contribution in [0, 0.1) is 0 Å². The third-order valence-corrected chi connectivity index (χ3v) is 3.85. The van der Waals surface area contributed by atoms with Gasteiger partial charge >= 0.3 is 0 Å². The van der Waals surface area contributed by atoms with Crippen LogP contribution in [-0.4, -0.2) is 27.0 Å². The molecule has 0 bridgehead atoms. The van der Waals surface area contributed by atoms with E-state index in [9.17, 15) is 0 Å². The molecular formula is C16H22N4. The number of aryl methyl sites for hydroxylation is 1. The molecule has 0 spiro atoms. The molecule has 1 aliphatic rings. The van der Waals surface area contributed by atoms with Gasteiger partial charge in [0.15, 0.2) is 0 Å². The van der Waals surface area contributed by atoms with Gasteiger partial charge in [-0.15, -0.1) is 0 Å². The second kappa shape index (κ2) is 6.09. The van der Waals surface area contributed by atoms with E-state index in [1.54, 1.807) is 0 Å². The number of aromatic nitrogens is 2. The summed E-state index contributed by atoms with van der Waals surface area (Å²) in [5, 5.41) is 0. The van der Waals surface area contributed by atoms with E-state index in [1.165, 1.54) is 24.8 Å². The van der Waals surface area contributed by atoms with Crippen LogP contribution in [-0.2, 0) is 13.1 Å². The Morgan fingerprint density at radius 2 is 2.05 bits per heavy atom. The molecule has 0 saturated heterocycles. The van der Waals surface area contributed by atoms with Gasteiger partial charge in [-0.2, -0.15) is 0 Å². The second-order valence-electron chi connectivity index (χ2n) is 5.60. The molecule has 1 aliphatic carbocycles. The van der Waals surface area contributed by atoms with Gasteiger partial charge in [-0.3, -0.25) is 4.90 Å². The van der Waals surface area contributed by atoms with E-state index in [0.29, 0.717) is 0 Å². The molecule has 1 saturated carbocycles. The Labute approximate surface area is 120 Å². The van der Waals surface area contributed by atoms with Crippen molar-refractivity contribution in [2.24, 2.45) is 0 Å². The van der Waals surface area contributed by atoms with E-state index < -0.39 is 0 Å². The maximum Gasteiger partial charge on any atom is 0.0945 e. The summed E-state index contributed by atoms with van der Waals surface area (Å²) >= 11 is 0. The zero-order chi connectivity index (χ0) is 13.8. The molecular weight excluding hydrogens is 248 g/mol. The first-order valence-corrected chi connectivity index (χ1v) is 7.35. The third-order valence-electron chi connectivity index (χ3n) is 3.85. The maximum atomic E-state index is 5.74. The minimum absolute atomic E-state index is 0.787. The molecule has 4 heteroatoms. The Bertz CT molecular complexity index is 514. The molecule has 106 valence electrons. The summed E-state index contributed by atoms with van der Waals surface area (Å²) < 4.78 is 2.15. The first-order valence-electron chi connectivity index (χ1n) is 7.35. The lowest BCUT2D eigenvalue weighted by molar-refractivity contribution is 0.246. The lowest BCUT2D eigenvalue weighted by Gasteiger charge is -2.22. The molecule has 1 aromatic heterocycles. The van der Waals surface area contributed by atoms with Gasteiger partial charge in [0, 0.05) is 43.8 Å². The van der Waals surface area contributed by atoms with Crippen molar-refractivity contribution in [2.45, 2.75) is 38.4 Å². The highest BCUT2D eigenvalue weighted by Crippen LogP contribution is 2.28. The van der Waals surface area contributed by atoms with Crippen molar-refractivity contribution < 1.29 is 0 Å². The Hall–Kier alpha value is -1.81. The standard InChI is InChI=1S/C16H22N4/c17-15-4-2-14(3-5-15)12-20(16-6-7-16)10-1-9-19-11-8-18-13-19/h2-5,8,11,13,16H,1,6-7,9-10,12,17H2. The molecule has 1 aromatic carbocycles. The number of rotatable bonds is 7. The van der Waals surface area contributed by atoms with Gasteiger partial charge < -0.3 is 10.3 Å². The molecule has 2 N–H and O–H groups in total. The summed E-state index contributed by atoms with van der Waals surface area (Å²) in [6.45, 7) is 3.23. The number of imidazole rings is 1. The molecule has 2 aromatic rings. The lowest BCUT2D eigenvalue weighted by atomic mass is 10.2. The number of hydrogen-bond acceptors (Lipinski definition) is 3. The van der Waals surface area contributed by atoms with Gasteiger partial charge in [0.2, 0.25) is 0 Å². The van der Waals surface area contributed by atoms with Crippen LogP contribution in [0.2, 0.25) is 0 Å². The number of nitrogens with zero attached hydrogens (tertiary/aromatic N) is 3. The van der Waals surface area contributed by atoms with E-state index in [2.05, 4.69) is 26.6 Å². The van der Waals surface area contributed by atoms with Crippen LogP contribution in [0.15, 0.2) is 43.0 Å². The molecule has 1 heterocycles. The van der Waals surface area contributed by atoms with Crippen LogP contribution < -0.4 is 5.73 Å². The van der Waals surface area contributed by atoms with Crippen molar-refractivity contribution in [3.63, 3.8) is 0 Å². The van der Waals surface area contributed by atoms with Crippen molar-refractivity contribution >= 4 is 5.69 Å². The number of nitrogen functional groups attached to an aromatic ring is 1. The minimum atomic E-state index is 0.787. The highest BCUT2D eigenvalue weighted by molar-refractivity contribution is 5.39. The van der Waals surface area contributed by atoms with Crippen LogP contribution in [0.1, 0.15) is 24.8 Å². The first-order chi connectivity index (χ1) is 9.81. The average molecular weight is 270 g/mol. The van der Waals surface area contributed by atoms with Crippen molar-refractivity contribution in [3.05, 3.63) is 48.5 Å².